The van der Waals surface area contributed by atoms with Crippen molar-refractivity contribution in [2.75, 3.05) is 12.3 Å². The van der Waals surface area contributed by atoms with Gasteiger partial charge in [0.05, 0.1) is 16.8 Å². The molecule has 0 unspecified atom stereocenters. The lowest BCUT2D eigenvalue weighted by molar-refractivity contribution is -0.118. The van der Waals surface area contributed by atoms with Crippen molar-refractivity contribution in [1.82, 2.24) is 25.1 Å². The van der Waals surface area contributed by atoms with E-state index < -0.39 is 0 Å². The molecule has 0 aliphatic rings. The summed E-state index contributed by atoms with van der Waals surface area (Å²) in [4.78, 5) is 16.5. The average Bonchev–Trinajstić information content (AvgIpc) is 3.32. The monoisotopic (exact) mass is 445 g/mol. The molecule has 154 valence electrons. The first-order valence-electron chi connectivity index (χ1n) is 9.09. The van der Waals surface area contributed by atoms with Gasteiger partial charge in [0.15, 0.2) is 0 Å². The first-order valence-corrected chi connectivity index (χ1v) is 10.5. The van der Waals surface area contributed by atoms with Crippen LogP contribution in [0.3, 0.4) is 0 Å². The number of imidazole rings is 1. The van der Waals surface area contributed by atoms with Gasteiger partial charge in [0.25, 0.3) is 5.22 Å². The molecule has 0 saturated heterocycles. The summed E-state index contributed by atoms with van der Waals surface area (Å²) in [6, 6.07) is 11.5. The summed E-state index contributed by atoms with van der Waals surface area (Å²) in [6.45, 7) is 0.416. The number of hydrogen-bond donors (Lipinski definition) is 1. The van der Waals surface area contributed by atoms with Crippen LogP contribution in [0.1, 0.15) is 5.82 Å². The van der Waals surface area contributed by atoms with Gasteiger partial charge in [-0.15, -0.1) is 10.2 Å². The number of nitrogens with zero attached hydrogens (tertiary/aromatic N) is 4. The molecule has 0 bridgehead atoms. The third-order valence-corrected chi connectivity index (χ3v) is 5.50. The second-order valence-corrected chi connectivity index (χ2v) is 7.85. The Morgan fingerprint density at radius 1 is 1.23 bits per heavy atom. The molecule has 0 spiro atoms. The Morgan fingerprint density at radius 2 is 2.03 bits per heavy atom. The highest BCUT2D eigenvalue weighted by Gasteiger charge is 2.12. The highest BCUT2D eigenvalue weighted by atomic mass is 35.5. The maximum atomic E-state index is 13.3. The molecule has 4 rings (SSSR count). The van der Waals surface area contributed by atoms with Crippen LogP contribution in [0, 0.1) is 5.82 Å². The molecule has 7 nitrogen and oxygen atoms in total. The molecule has 1 N–H and O–H groups in total. The number of rotatable bonds is 7. The van der Waals surface area contributed by atoms with E-state index in [9.17, 15) is 9.18 Å². The summed E-state index contributed by atoms with van der Waals surface area (Å²) in [5, 5.41) is 11.7. The standard InChI is InChI=1S/C20H17ClFN5O2S/c1-27-16-7-6-14(22)10-15(16)24-17(27)8-9-23-18(28)11-30-20-26-25-19(29-20)12-2-4-13(21)5-3-12/h2-7,10H,8-9,11H2,1H3,(H,23,28). The summed E-state index contributed by atoms with van der Waals surface area (Å²) in [6.07, 6.45) is 0.532. The number of nitrogens with one attached hydrogen (secondary N) is 1. The number of carbonyl (C=O) groups is 1. The smallest absolute Gasteiger partial charge is 0.277 e. The van der Waals surface area contributed by atoms with Crippen LogP contribution in [0.4, 0.5) is 4.39 Å². The van der Waals surface area contributed by atoms with E-state index in [1.165, 1.54) is 12.1 Å². The van der Waals surface area contributed by atoms with Crippen molar-refractivity contribution < 1.29 is 13.6 Å². The van der Waals surface area contributed by atoms with Crippen molar-refractivity contribution in [3.63, 3.8) is 0 Å². The zero-order valence-electron chi connectivity index (χ0n) is 15.9. The van der Waals surface area contributed by atoms with Gasteiger partial charge in [-0.25, -0.2) is 9.37 Å². The third-order valence-electron chi connectivity index (χ3n) is 4.43. The van der Waals surface area contributed by atoms with Gasteiger partial charge in [-0.2, -0.15) is 0 Å². The van der Waals surface area contributed by atoms with E-state index in [2.05, 4.69) is 20.5 Å². The van der Waals surface area contributed by atoms with Crippen molar-refractivity contribution in [2.24, 2.45) is 7.05 Å². The number of amides is 1. The fourth-order valence-corrected chi connectivity index (χ4v) is 3.63. The van der Waals surface area contributed by atoms with Crippen molar-refractivity contribution in [1.29, 1.82) is 0 Å². The number of halogens is 2. The first-order chi connectivity index (χ1) is 14.5. The molecule has 0 fully saturated rings. The molecular formula is C20H17ClFN5O2S. The Labute approximate surface area is 180 Å². The summed E-state index contributed by atoms with van der Waals surface area (Å²) in [5.74, 6) is 0.811. The van der Waals surface area contributed by atoms with Crippen molar-refractivity contribution in [2.45, 2.75) is 11.6 Å². The van der Waals surface area contributed by atoms with E-state index >= 15 is 0 Å². The van der Waals surface area contributed by atoms with E-state index in [0.29, 0.717) is 34.6 Å². The zero-order valence-corrected chi connectivity index (χ0v) is 17.5. The number of thioether (sulfide) groups is 1. The number of hydrogen-bond acceptors (Lipinski definition) is 6. The predicted molar refractivity (Wildman–Crippen MR) is 113 cm³/mol. The van der Waals surface area contributed by atoms with Gasteiger partial charge >= 0.3 is 0 Å². The SMILES string of the molecule is Cn1c(CCNC(=O)CSc2nnc(-c3ccc(Cl)cc3)o2)nc2cc(F)ccc21. The van der Waals surface area contributed by atoms with Crippen LogP contribution in [-0.4, -0.2) is 38.0 Å². The number of fused-ring (bicyclic) bond motifs is 1. The highest BCUT2D eigenvalue weighted by Crippen LogP contribution is 2.24. The fraction of sp³-hybridized carbons (Fsp3) is 0.200. The van der Waals surface area contributed by atoms with Gasteiger partial charge in [0, 0.05) is 36.7 Å². The second kappa shape index (κ2) is 8.85. The molecule has 0 radical (unpaired) electrons. The van der Waals surface area contributed by atoms with Gasteiger partial charge < -0.3 is 14.3 Å². The summed E-state index contributed by atoms with van der Waals surface area (Å²) < 4.78 is 20.8. The lowest BCUT2D eigenvalue weighted by atomic mass is 10.2. The number of aryl methyl sites for hydroxylation is 1. The quantitative estimate of drug-likeness (QED) is 0.435. The molecule has 4 aromatic rings. The summed E-state index contributed by atoms with van der Waals surface area (Å²) >= 11 is 7.03. The minimum Gasteiger partial charge on any atom is -0.411 e. The van der Waals surface area contributed by atoms with Crippen LogP contribution >= 0.6 is 23.4 Å². The van der Waals surface area contributed by atoms with Gasteiger partial charge in [-0.1, -0.05) is 23.4 Å². The second-order valence-electron chi connectivity index (χ2n) is 6.49. The normalized spacial score (nSPS) is 11.2. The Hall–Kier alpha value is -2.91. The maximum Gasteiger partial charge on any atom is 0.277 e. The molecule has 0 aliphatic heterocycles. The molecule has 2 aromatic heterocycles. The number of carbonyl (C=O) groups excluding carboxylic acids is 1. The Kier molecular flexibility index (Phi) is 6.01. The lowest BCUT2D eigenvalue weighted by Gasteiger charge is -2.04. The molecule has 10 heteroatoms. The Balaban J connectivity index is 1.27. The van der Waals surface area contributed by atoms with Crippen molar-refractivity contribution >= 4 is 40.3 Å². The van der Waals surface area contributed by atoms with Crippen LogP contribution in [-0.2, 0) is 18.3 Å². The zero-order chi connectivity index (χ0) is 21.1. The van der Waals surface area contributed by atoms with E-state index in [1.807, 2.05) is 11.6 Å². The molecule has 2 aromatic carbocycles. The predicted octanol–water partition coefficient (Wildman–Crippen LogP) is 3.87. The van der Waals surface area contributed by atoms with Crippen molar-refractivity contribution in [3.05, 3.63) is 59.1 Å². The summed E-state index contributed by atoms with van der Waals surface area (Å²) in [5.41, 5.74) is 2.20. The maximum absolute atomic E-state index is 13.3. The average molecular weight is 446 g/mol. The van der Waals surface area contributed by atoms with Gasteiger partial charge in [-0.3, -0.25) is 4.79 Å². The lowest BCUT2D eigenvalue weighted by Crippen LogP contribution is -2.27. The first kappa shape index (κ1) is 20.4. The Morgan fingerprint density at radius 3 is 2.83 bits per heavy atom. The molecule has 30 heavy (non-hydrogen) atoms. The largest absolute Gasteiger partial charge is 0.411 e. The van der Waals surface area contributed by atoms with Gasteiger partial charge in [0.1, 0.15) is 11.6 Å². The Bertz CT molecular complexity index is 1190. The van der Waals surface area contributed by atoms with Crippen molar-refractivity contribution in [3.8, 4) is 11.5 Å². The highest BCUT2D eigenvalue weighted by molar-refractivity contribution is 7.99. The molecule has 1 amide bonds. The minimum absolute atomic E-state index is 0.149. The topological polar surface area (TPSA) is 85.8 Å². The van der Waals surface area contributed by atoms with E-state index in [1.54, 1.807) is 30.3 Å². The van der Waals surface area contributed by atoms with Crippen LogP contribution < -0.4 is 5.32 Å². The van der Waals surface area contributed by atoms with Crippen LogP contribution in [0.2, 0.25) is 5.02 Å². The molecule has 0 aliphatic carbocycles. The van der Waals surface area contributed by atoms with E-state index in [0.717, 1.165) is 28.7 Å². The van der Waals surface area contributed by atoms with Gasteiger partial charge in [-0.05, 0) is 36.4 Å². The van der Waals surface area contributed by atoms with Crippen LogP contribution in [0.5, 0.6) is 0 Å². The molecular weight excluding hydrogens is 429 g/mol. The summed E-state index contributed by atoms with van der Waals surface area (Å²) in [7, 11) is 1.87. The molecule has 0 atom stereocenters. The fourth-order valence-electron chi connectivity index (χ4n) is 2.92. The third kappa shape index (κ3) is 4.63. The van der Waals surface area contributed by atoms with Crippen LogP contribution in [0.25, 0.3) is 22.5 Å². The molecule has 2 heterocycles. The minimum atomic E-state index is -0.322. The number of aromatic nitrogens is 4. The van der Waals surface area contributed by atoms with Gasteiger partial charge in [0.2, 0.25) is 11.8 Å². The number of benzene rings is 2. The van der Waals surface area contributed by atoms with E-state index in [-0.39, 0.29) is 17.5 Å². The van der Waals surface area contributed by atoms with Crippen LogP contribution in [0.15, 0.2) is 52.1 Å². The molecule has 0 saturated carbocycles. The van der Waals surface area contributed by atoms with E-state index in [4.69, 9.17) is 16.0 Å².